The molecule has 94 valence electrons. The first-order chi connectivity index (χ1) is 7.84. The summed E-state index contributed by atoms with van der Waals surface area (Å²) in [6.07, 6.45) is 0. The normalized spacial score (nSPS) is 13.6. The van der Waals surface area contributed by atoms with Crippen molar-refractivity contribution in [3.63, 3.8) is 0 Å². The zero-order valence-electron chi connectivity index (χ0n) is 8.60. The fourth-order valence-corrected chi connectivity index (χ4v) is 1.87. The van der Waals surface area contributed by atoms with Gasteiger partial charge < -0.3 is 5.73 Å². The molecular formula is C9H11F2N3O2S. The van der Waals surface area contributed by atoms with Crippen molar-refractivity contribution in [3.8, 4) is 0 Å². The quantitative estimate of drug-likeness (QED) is 0.541. The average molecular weight is 263 g/mol. The monoisotopic (exact) mass is 263 g/mol. The molecule has 5 nitrogen and oxygen atoms in total. The van der Waals surface area contributed by atoms with E-state index in [1.165, 1.54) is 12.1 Å². The third-order valence-electron chi connectivity index (χ3n) is 1.96. The van der Waals surface area contributed by atoms with E-state index >= 15 is 0 Å². The van der Waals surface area contributed by atoms with Crippen LogP contribution >= 0.6 is 0 Å². The van der Waals surface area contributed by atoms with Crippen LogP contribution in [0.25, 0.3) is 0 Å². The van der Waals surface area contributed by atoms with Crippen molar-refractivity contribution in [2.24, 2.45) is 5.73 Å². The first-order valence-corrected chi connectivity index (χ1v) is 6.07. The Kier molecular flexibility index (Phi) is 4.13. The van der Waals surface area contributed by atoms with Gasteiger partial charge in [0.2, 0.25) is 0 Å². The largest absolute Gasteiger partial charge is 0.386 e. The van der Waals surface area contributed by atoms with Crippen molar-refractivity contribution in [3.05, 3.63) is 35.9 Å². The Morgan fingerprint density at radius 1 is 1.29 bits per heavy atom. The molecule has 0 saturated heterocycles. The molecule has 1 aromatic carbocycles. The SMILES string of the molecule is N=C(N)C(NS(=O)(=O)C(F)F)c1ccccc1. The molecule has 0 radical (unpaired) electrons. The molecule has 0 spiro atoms. The molecule has 17 heavy (non-hydrogen) atoms. The maximum Gasteiger partial charge on any atom is 0.350 e. The lowest BCUT2D eigenvalue weighted by molar-refractivity contribution is 0.232. The molecule has 0 amide bonds. The number of nitrogens with two attached hydrogens (primary N) is 1. The predicted molar refractivity (Wildman–Crippen MR) is 59.2 cm³/mol. The lowest BCUT2D eigenvalue weighted by atomic mass is 10.1. The van der Waals surface area contributed by atoms with Crippen LogP contribution in [0.2, 0.25) is 0 Å². The fraction of sp³-hybridized carbons (Fsp3) is 0.222. The second-order valence-corrected chi connectivity index (χ2v) is 4.90. The number of rotatable bonds is 5. The number of benzene rings is 1. The van der Waals surface area contributed by atoms with Crippen LogP contribution in [0.3, 0.4) is 0 Å². The van der Waals surface area contributed by atoms with Gasteiger partial charge in [-0.25, -0.2) is 8.42 Å². The Labute approximate surface area is 97.2 Å². The lowest BCUT2D eigenvalue weighted by Crippen LogP contribution is -2.39. The first kappa shape index (κ1) is 13.5. The summed E-state index contributed by atoms with van der Waals surface area (Å²) >= 11 is 0. The molecule has 1 unspecified atom stereocenters. The summed E-state index contributed by atoms with van der Waals surface area (Å²) in [6, 6.07) is 6.53. The van der Waals surface area contributed by atoms with Gasteiger partial charge in [-0.1, -0.05) is 30.3 Å². The third-order valence-corrected chi connectivity index (χ3v) is 2.99. The van der Waals surface area contributed by atoms with Crippen molar-refractivity contribution in [2.75, 3.05) is 0 Å². The highest BCUT2D eigenvalue weighted by Gasteiger charge is 2.29. The second-order valence-electron chi connectivity index (χ2n) is 3.22. The van der Waals surface area contributed by atoms with E-state index in [2.05, 4.69) is 0 Å². The molecule has 8 heteroatoms. The highest BCUT2D eigenvalue weighted by atomic mass is 32.2. The van der Waals surface area contributed by atoms with Crippen LogP contribution in [0.15, 0.2) is 30.3 Å². The molecule has 0 aliphatic carbocycles. The minimum atomic E-state index is -4.79. The zero-order chi connectivity index (χ0) is 13.1. The minimum absolute atomic E-state index is 0.323. The molecule has 0 aliphatic rings. The van der Waals surface area contributed by atoms with Gasteiger partial charge in [0, 0.05) is 0 Å². The molecule has 0 heterocycles. The van der Waals surface area contributed by atoms with Crippen molar-refractivity contribution in [1.29, 1.82) is 5.41 Å². The summed E-state index contributed by atoms with van der Waals surface area (Å²) < 4.78 is 48.1. The minimum Gasteiger partial charge on any atom is -0.386 e. The van der Waals surface area contributed by atoms with Crippen molar-refractivity contribution in [2.45, 2.75) is 11.8 Å². The van der Waals surface area contributed by atoms with Crippen LogP contribution in [-0.4, -0.2) is 20.0 Å². The van der Waals surface area contributed by atoms with Gasteiger partial charge in [0.05, 0.1) is 0 Å². The first-order valence-electron chi connectivity index (χ1n) is 4.52. The van der Waals surface area contributed by atoms with Crippen LogP contribution in [0.5, 0.6) is 0 Å². The van der Waals surface area contributed by atoms with Gasteiger partial charge in [-0.15, -0.1) is 0 Å². The molecule has 1 atom stereocenters. The van der Waals surface area contributed by atoms with Crippen molar-refractivity contribution >= 4 is 15.9 Å². The van der Waals surface area contributed by atoms with E-state index < -0.39 is 27.7 Å². The molecule has 0 bridgehead atoms. The van der Waals surface area contributed by atoms with Gasteiger partial charge in [0.1, 0.15) is 11.9 Å². The highest BCUT2D eigenvalue weighted by Crippen LogP contribution is 2.15. The standard InChI is InChI=1S/C9H11F2N3O2S/c10-9(11)17(15,16)14-7(8(12)13)6-4-2-1-3-5-6/h1-5,7,9,14H,(H3,12,13). The summed E-state index contributed by atoms with van der Waals surface area (Å²) in [5, 5.41) is 7.22. The lowest BCUT2D eigenvalue weighted by Gasteiger charge is -2.17. The topological polar surface area (TPSA) is 96.0 Å². The summed E-state index contributed by atoms with van der Waals surface area (Å²) in [5.41, 5.74) is 5.51. The number of sulfonamides is 1. The number of halogens is 2. The Bertz CT molecular complexity index is 490. The van der Waals surface area contributed by atoms with E-state index in [1.54, 1.807) is 22.9 Å². The summed E-state index contributed by atoms with van der Waals surface area (Å²) in [6.45, 7) is 0. The van der Waals surface area contributed by atoms with Crippen LogP contribution in [0, 0.1) is 5.41 Å². The number of nitrogens with one attached hydrogen (secondary N) is 2. The number of alkyl halides is 2. The number of hydrogen-bond donors (Lipinski definition) is 3. The Hall–Kier alpha value is -1.54. The van der Waals surface area contributed by atoms with Gasteiger partial charge >= 0.3 is 5.76 Å². The van der Waals surface area contributed by atoms with E-state index in [-0.39, 0.29) is 0 Å². The average Bonchev–Trinajstić information content (AvgIpc) is 2.26. The van der Waals surface area contributed by atoms with Crippen LogP contribution < -0.4 is 10.5 Å². The number of amidine groups is 1. The summed E-state index contributed by atoms with van der Waals surface area (Å²) in [5.74, 6) is -4.12. The molecule has 1 aromatic rings. The van der Waals surface area contributed by atoms with Crippen LogP contribution in [0.1, 0.15) is 11.6 Å². The van der Waals surface area contributed by atoms with Crippen LogP contribution in [0.4, 0.5) is 8.78 Å². The van der Waals surface area contributed by atoms with Crippen molar-refractivity contribution < 1.29 is 17.2 Å². The van der Waals surface area contributed by atoms with Gasteiger partial charge in [-0.05, 0) is 5.56 Å². The molecule has 4 N–H and O–H groups in total. The highest BCUT2D eigenvalue weighted by molar-refractivity contribution is 7.89. The van der Waals surface area contributed by atoms with Gasteiger partial charge in [-0.3, -0.25) is 5.41 Å². The van der Waals surface area contributed by atoms with Crippen molar-refractivity contribution in [1.82, 2.24) is 4.72 Å². The fourth-order valence-electron chi connectivity index (χ4n) is 1.17. The molecule has 0 saturated carbocycles. The summed E-state index contributed by atoms with van der Waals surface area (Å²) in [4.78, 5) is 0. The maximum absolute atomic E-state index is 12.2. The second kappa shape index (κ2) is 5.19. The summed E-state index contributed by atoms with van der Waals surface area (Å²) in [7, 11) is -4.79. The maximum atomic E-state index is 12.2. The molecular weight excluding hydrogens is 252 g/mol. The molecule has 1 rings (SSSR count). The molecule has 0 aromatic heterocycles. The van der Waals surface area contributed by atoms with E-state index in [4.69, 9.17) is 11.1 Å². The van der Waals surface area contributed by atoms with Crippen LogP contribution in [-0.2, 0) is 10.0 Å². The van der Waals surface area contributed by atoms with Gasteiger partial charge in [0.25, 0.3) is 10.0 Å². The van der Waals surface area contributed by atoms with Gasteiger partial charge in [-0.2, -0.15) is 13.5 Å². The van der Waals surface area contributed by atoms with E-state index in [1.807, 2.05) is 0 Å². The molecule has 0 aliphatic heterocycles. The van der Waals surface area contributed by atoms with Gasteiger partial charge in [0.15, 0.2) is 0 Å². The van der Waals surface area contributed by atoms with E-state index in [9.17, 15) is 17.2 Å². The third kappa shape index (κ3) is 3.46. The smallest absolute Gasteiger partial charge is 0.350 e. The Balaban J connectivity index is 3.02. The zero-order valence-corrected chi connectivity index (χ0v) is 9.42. The number of hydrogen-bond acceptors (Lipinski definition) is 3. The predicted octanol–water partition coefficient (Wildman–Crippen LogP) is 0.806. The van der Waals surface area contributed by atoms with E-state index in [0.29, 0.717) is 5.56 Å². The Morgan fingerprint density at radius 2 is 1.82 bits per heavy atom. The van der Waals surface area contributed by atoms with E-state index in [0.717, 1.165) is 0 Å². The molecule has 0 fully saturated rings. The Morgan fingerprint density at radius 3 is 2.24 bits per heavy atom.